The van der Waals surface area contributed by atoms with Crippen LogP contribution in [0.3, 0.4) is 0 Å². The summed E-state index contributed by atoms with van der Waals surface area (Å²) >= 11 is 0. The number of fused-ring (bicyclic) bond motifs is 3. The second-order valence-corrected chi connectivity index (χ2v) is 8.93. The Balaban J connectivity index is 1.41. The van der Waals surface area contributed by atoms with Crippen LogP contribution in [-0.4, -0.2) is 42.1 Å². The molecule has 0 saturated heterocycles. The van der Waals surface area contributed by atoms with Gasteiger partial charge in [0.05, 0.1) is 0 Å². The second-order valence-electron chi connectivity index (χ2n) is 8.93. The highest BCUT2D eigenvalue weighted by Gasteiger charge is 2.20. The molecule has 3 rings (SSSR count). The van der Waals surface area contributed by atoms with Crippen molar-refractivity contribution < 1.29 is 28.6 Å². The lowest BCUT2D eigenvalue weighted by molar-refractivity contribution is -0.141. The van der Waals surface area contributed by atoms with E-state index in [0.717, 1.165) is 48.6 Å². The number of carboxylic acid groups (broad SMARTS) is 1. The Morgan fingerprint density at radius 3 is 2.54 bits per heavy atom. The molecule has 1 aliphatic rings. The van der Waals surface area contributed by atoms with Crippen LogP contribution in [0, 0.1) is 6.92 Å². The molecule has 1 aliphatic carbocycles. The van der Waals surface area contributed by atoms with E-state index in [1.54, 1.807) is 6.92 Å². The van der Waals surface area contributed by atoms with Crippen LogP contribution in [0.1, 0.15) is 68.6 Å². The summed E-state index contributed by atoms with van der Waals surface area (Å²) in [6, 6.07) is 2.87. The van der Waals surface area contributed by atoms with Gasteiger partial charge in [-0.3, -0.25) is 9.59 Å². The molecule has 9 heteroatoms. The molecular weight excluding hydrogens is 452 g/mol. The lowest BCUT2D eigenvalue weighted by Gasteiger charge is -2.18. The summed E-state index contributed by atoms with van der Waals surface area (Å²) in [6.45, 7) is 3.83. The van der Waals surface area contributed by atoms with Crippen LogP contribution in [0.15, 0.2) is 21.3 Å². The van der Waals surface area contributed by atoms with Gasteiger partial charge in [0.25, 0.3) is 5.91 Å². The molecule has 1 heterocycles. The molecule has 35 heavy (non-hydrogen) atoms. The van der Waals surface area contributed by atoms with Gasteiger partial charge >= 0.3 is 11.6 Å². The number of carbonyl (C=O) groups is 3. The van der Waals surface area contributed by atoms with Crippen molar-refractivity contribution in [2.45, 2.75) is 77.7 Å². The fraction of sp³-hybridized carbons (Fsp3) is 0.538. The van der Waals surface area contributed by atoms with E-state index in [-0.39, 0.29) is 30.5 Å². The largest absolute Gasteiger partial charge is 0.483 e. The van der Waals surface area contributed by atoms with Gasteiger partial charge in [-0.05, 0) is 69.6 Å². The minimum atomic E-state index is -1.03. The van der Waals surface area contributed by atoms with Gasteiger partial charge in [-0.2, -0.15) is 0 Å². The Morgan fingerprint density at radius 1 is 1.09 bits per heavy atom. The number of aryl methyl sites for hydroxylation is 2. The Morgan fingerprint density at radius 2 is 1.83 bits per heavy atom. The van der Waals surface area contributed by atoms with Crippen LogP contribution in [0.4, 0.5) is 0 Å². The molecule has 0 bridgehead atoms. The first kappa shape index (κ1) is 26.2. The average molecular weight is 487 g/mol. The van der Waals surface area contributed by atoms with Crippen molar-refractivity contribution in [2.75, 3.05) is 13.2 Å². The van der Waals surface area contributed by atoms with Gasteiger partial charge in [0.1, 0.15) is 17.4 Å². The maximum atomic E-state index is 12.4. The molecule has 0 fully saturated rings. The zero-order valence-electron chi connectivity index (χ0n) is 20.4. The third-order valence-electron chi connectivity index (χ3n) is 6.39. The predicted molar refractivity (Wildman–Crippen MR) is 131 cm³/mol. The summed E-state index contributed by atoms with van der Waals surface area (Å²) in [5, 5.41) is 15.2. The summed E-state index contributed by atoms with van der Waals surface area (Å²) in [4.78, 5) is 47.3. The monoisotopic (exact) mass is 486 g/mol. The molecular formula is C26H34N2O7. The van der Waals surface area contributed by atoms with E-state index in [1.807, 2.05) is 19.1 Å². The van der Waals surface area contributed by atoms with Crippen LogP contribution in [0.5, 0.6) is 5.75 Å². The van der Waals surface area contributed by atoms with Crippen molar-refractivity contribution in [3.05, 3.63) is 39.2 Å². The summed E-state index contributed by atoms with van der Waals surface area (Å²) in [5.41, 5.74) is 2.79. The number of aliphatic carboxylic acids is 1. The van der Waals surface area contributed by atoms with E-state index >= 15 is 0 Å². The first-order valence-corrected chi connectivity index (χ1v) is 12.3. The van der Waals surface area contributed by atoms with Crippen molar-refractivity contribution in [1.29, 1.82) is 0 Å². The van der Waals surface area contributed by atoms with Crippen molar-refractivity contribution in [2.24, 2.45) is 0 Å². The van der Waals surface area contributed by atoms with E-state index in [4.69, 9.17) is 14.3 Å². The lowest BCUT2D eigenvalue weighted by Crippen LogP contribution is -2.40. The maximum Gasteiger partial charge on any atom is 0.339 e. The first-order chi connectivity index (χ1) is 16.8. The van der Waals surface area contributed by atoms with Gasteiger partial charge in [0.2, 0.25) is 5.91 Å². The van der Waals surface area contributed by atoms with Gasteiger partial charge in [-0.25, -0.2) is 9.59 Å². The Kier molecular flexibility index (Phi) is 9.28. The number of benzene rings is 1. The SMILES string of the molecule is CC[C@@H](NC(=O)CCCCCNC(=O)COc1ccc2c3c(c(=O)oc2c1C)CCCC3)C(=O)O. The molecule has 3 N–H and O–H groups in total. The summed E-state index contributed by atoms with van der Waals surface area (Å²) in [6.07, 6.45) is 6.30. The minimum absolute atomic E-state index is 0.155. The minimum Gasteiger partial charge on any atom is -0.483 e. The molecule has 1 atom stereocenters. The molecule has 0 spiro atoms. The average Bonchev–Trinajstić information content (AvgIpc) is 2.84. The van der Waals surface area contributed by atoms with Crippen LogP contribution < -0.4 is 21.0 Å². The van der Waals surface area contributed by atoms with Crippen molar-refractivity contribution in [3.8, 4) is 5.75 Å². The zero-order valence-corrected chi connectivity index (χ0v) is 20.4. The number of carbonyl (C=O) groups excluding carboxylic acids is 2. The van der Waals surface area contributed by atoms with Crippen molar-refractivity contribution in [1.82, 2.24) is 10.6 Å². The normalized spacial score (nSPS) is 13.7. The summed E-state index contributed by atoms with van der Waals surface area (Å²) < 4.78 is 11.3. The molecule has 1 aromatic carbocycles. The van der Waals surface area contributed by atoms with E-state index < -0.39 is 12.0 Å². The molecule has 9 nitrogen and oxygen atoms in total. The number of carboxylic acids is 1. The van der Waals surface area contributed by atoms with Gasteiger partial charge in [-0.1, -0.05) is 13.3 Å². The smallest absolute Gasteiger partial charge is 0.339 e. The molecule has 0 unspecified atom stereocenters. The van der Waals surface area contributed by atoms with Crippen LogP contribution in [0.2, 0.25) is 0 Å². The van der Waals surface area contributed by atoms with Crippen molar-refractivity contribution >= 4 is 28.8 Å². The van der Waals surface area contributed by atoms with E-state index in [2.05, 4.69) is 10.6 Å². The van der Waals surface area contributed by atoms with E-state index in [9.17, 15) is 19.2 Å². The molecule has 2 amide bonds. The fourth-order valence-electron chi connectivity index (χ4n) is 4.40. The third kappa shape index (κ3) is 6.83. The van der Waals surface area contributed by atoms with E-state index in [1.165, 1.54) is 0 Å². The van der Waals surface area contributed by atoms with Crippen LogP contribution >= 0.6 is 0 Å². The third-order valence-corrected chi connectivity index (χ3v) is 6.39. The number of unbranched alkanes of at least 4 members (excludes halogenated alkanes) is 2. The van der Waals surface area contributed by atoms with Gasteiger partial charge < -0.3 is 24.9 Å². The fourth-order valence-corrected chi connectivity index (χ4v) is 4.40. The Hall–Kier alpha value is -3.36. The summed E-state index contributed by atoms with van der Waals surface area (Å²) in [7, 11) is 0. The number of amides is 2. The molecule has 0 radical (unpaired) electrons. The highest BCUT2D eigenvalue weighted by atomic mass is 16.5. The molecule has 190 valence electrons. The highest BCUT2D eigenvalue weighted by molar-refractivity contribution is 5.86. The number of ether oxygens (including phenoxy) is 1. The predicted octanol–water partition coefficient (Wildman–Crippen LogP) is 3.02. The topological polar surface area (TPSA) is 135 Å². The number of nitrogens with one attached hydrogen (secondary N) is 2. The maximum absolute atomic E-state index is 12.4. The quantitative estimate of drug-likeness (QED) is 0.310. The van der Waals surface area contributed by atoms with Gasteiger partial charge in [-0.15, -0.1) is 0 Å². The Bertz CT molecular complexity index is 1140. The van der Waals surface area contributed by atoms with Crippen LogP contribution in [0.25, 0.3) is 11.0 Å². The van der Waals surface area contributed by atoms with E-state index in [0.29, 0.717) is 42.7 Å². The molecule has 1 aromatic heterocycles. The Labute approximate surface area is 204 Å². The first-order valence-electron chi connectivity index (χ1n) is 12.3. The lowest BCUT2D eigenvalue weighted by atomic mass is 9.90. The van der Waals surface area contributed by atoms with Crippen LogP contribution in [-0.2, 0) is 27.2 Å². The van der Waals surface area contributed by atoms with Gasteiger partial charge in [0, 0.05) is 29.5 Å². The standard InChI is InChI=1S/C26H34N2O7/c1-3-20(25(31)32)28-22(29)11-5-4-8-14-27-23(30)15-34-21-13-12-18-17-9-6-7-10-19(17)26(33)35-24(18)16(21)2/h12-13,20H,3-11,14-15H2,1-2H3,(H,27,30)(H,28,29)(H,31,32)/t20-/m1/s1. The summed E-state index contributed by atoms with van der Waals surface area (Å²) in [5.74, 6) is -1.07. The zero-order chi connectivity index (χ0) is 25.4. The molecule has 0 saturated carbocycles. The van der Waals surface area contributed by atoms with Crippen molar-refractivity contribution in [3.63, 3.8) is 0 Å². The molecule has 2 aromatic rings. The van der Waals surface area contributed by atoms with Gasteiger partial charge in [0.15, 0.2) is 6.61 Å². The number of hydrogen-bond donors (Lipinski definition) is 3. The number of hydrogen-bond acceptors (Lipinski definition) is 6. The second kappa shape index (κ2) is 12.4. The number of rotatable bonds is 12. The highest BCUT2D eigenvalue weighted by Crippen LogP contribution is 2.32. The molecule has 0 aliphatic heterocycles.